The number of amides is 1. The van der Waals surface area contributed by atoms with E-state index in [1.165, 1.54) is 0 Å². The molecule has 122 valence electrons. The van der Waals surface area contributed by atoms with Crippen LogP contribution in [0.1, 0.15) is 15.9 Å². The largest absolute Gasteiger partial charge is 0.472 e. The lowest BCUT2D eigenvalue weighted by Gasteiger charge is -2.22. The van der Waals surface area contributed by atoms with E-state index >= 15 is 0 Å². The number of nitrogens with zero attached hydrogens (tertiary/aromatic N) is 1. The topological polar surface area (TPSA) is 53.7 Å². The Kier molecular flexibility index (Phi) is 5.08. The lowest BCUT2D eigenvalue weighted by atomic mass is 10.0. The van der Waals surface area contributed by atoms with Crippen LogP contribution < -0.4 is 0 Å². The lowest BCUT2D eigenvalue weighted by molar-refractivity contribution is 0.0708. The van der Waals surface area contributed by atoms with Gasteiger partial charge in [-0.05, 0) is 29.3 Å². The Balaban J connectivity index is 1.83. The molecule has 3 rings (SSSR count). The summed E-state index contributed by atoms with van der Waals surface area (Å²) in [5.41, 5.74) is 3.49. The fourth-order valence-electron chi connectivity index (χ4n) is 2.62. The van der Waals surface area contributed by atoms with E-state index in [9.17, 15) is 9.90 Å². The zero-order valence-electron chi connectivity index (χ0n) is 13.3. The molecule has 2 aromatic carbocycles. The molecule has 0 bridgehead atoms. The molecule has 0 aliphatic heterocycles. The standard InChI is InChI=1S/C20H19NO3/c22-11-10-21(14-16-5-2-1-3-6-16)20(23)18-8-4-7-17(13-18)19-9-12-24-15-19/h1-9,12-13,15,22H,10-11,14H2. The van der Waals surface area contributed by atoms with Crippen molar-refractivity contribution in [2.24, 2.45) is 0 Å². The minimum Gasteiger partial charge on any atom is -0.472 e. The van der Waals surface area contributed by atoms with Crippen LogP contribution in [-0.4, -0.2) is 29.1 Å². The van der Waals surface area contributed by atoms with Gasteiger partial charge in [-0.2, -0.15) is 0 Å². The predicted octanol–water partition coefficient (Wildman–Crippen LogP) is 3.58. The average molecular weight is 321 g/mol. The Morgan fingerprint density at radius 2 is 1.83 bits per heavy atom. The van der Waals surface area contributed by atoms with Crippen LogP contribution in [0.4, 0.5) is 0 Å². The van der Waals surface area contributed by atoms with E-state index in [-0.39, 0.29) is 12.5 Å². The zero-order chi connectivity index (χ0) is 16.8. The van der Waals surface area contributed by atoms with Crippen molar-refractivity contribution >= 4 is 5.91 Å². The van der Waals surface area contributed by atoms with Gasteiger partial charge in [0.15, 0.2) is 0 Å². The maximum atomic E-state index is 12.9. The van der Waals surface area contributed by atoms with E-state index in [0.717, 1.165) is 16.7 Å². The van der Waals surface area contributed by atoms with Gasteiger partial charge in [-0.1, -0.05) is 42.5 Å². The molecule has 0 spiro atoms. The van der Waals surface area contributed by atoms with Crippen molar-refractivity contribution in [3.05, 3.63) is 84.3 Å². The minimum absolute atomic E-state index is 0.0694. The molecule has 24 heavy (non-hydrogen) atoms. The van der Waals surface area contributed by atoms with Gasteiger partial charge >= 0.3 is 0 Å². The quantitative estimate of drug-likeness (QED) is 0.755. The van der Waals surface area contributed by atoms with E-state index in [4.69, 9.17) is 4.42 Å². The summed E-state index contributed by atoms with van der Waals surface area (Å²) in [6, 6.07) is 19.1. The third kappa shape index (κ3) is 3.73. The van der Waals surface area contributed by atoms with Gasteiger partial charge in [0.2, 0.25) is 0 Å². The normalized spacial score (nSPS) is 10.5. The molecule has 1 N–H and O–H groups in total. The molecule has 4 nitrogen and oxygen atoms in total. The van der Waals surface area contributed by atoms with Gasteiger partial charge in [0.1, 0.15) is 0 Å². The molecule has 0 unspecified atom stereocenters. The SMILES string of the molecule is O=C(c1cccc(-c2ccoc2)c1)N(CCO)Cc1ccccc1. The number of benzene rings is 2. The van der Waals surface area contributed by atoms with Crippen molar-refractivity contribution in [3.63, 3.8) is 0 Å². The Labute approximate surface area is 141 Å². The van der Waals surface area contributed by atoms with Crippen LogP contribution in [0.5, 0.6) is 0 Å². The second kappa shape index (κ2) is 7.62. The molecule has 0 atom stereocenters. The summed E-state index contributed by atoms with van der Waals surface area (Å²) in [7, 11) is 0. The predicted molar refractivity (Wildman–Crippen MR) is 92.4 cm³/mol. The van der Waals surface area contributed by atoms with Crippen LogP contribution in [-0.2, 0) is 6.54 Å². The third-order valence-electron chi connectivity index (χ3n) is 3.84. The van der Waals surface area contributed by atoms with Gasteiger partial charge in [0, 0.05) is 24.2 Å². The number of carbonyl (C=O) groups is 1. The van der Waals surface area contributed by atoms with Crippen molar-refractivity contribution < 1.29 is 14.3 Å². The smallest absolute Gasteiger partial charge is 0.254 e. The van der Waals surface area contributed by atoms with Gasteiger partial charge < -0.3 is 14.4 Å². The number of furan rings is 1. The summed E-state index contributed by atoms with van der Waals surface area (Å²) in [5, 5.41) is 9.31. The first-order valence-electron chi connectivity index (χ1n) is 7.84. The number of aliphatic hydroxyl groups excluding tert-OH is 1. The Morgan fingerprint density at radius 1 is 1.00 bits per heavy atom. The molecule has 1 aromatic heterocycles. The maximum Gasteiger partial charge on any atom is 0.254 e. The Hall–Kier alpha value is -2.85. The lowest BCUT2D eigenvalue weighted by Crippen LogP contribution is -2.33. The van der Waals surface area contributed by atoms with E-state index in [1.807, 2.05) is 54.6 Å². The number of rotatable bonds is 6. The van der Waals surface area contributed by atoms with Crippen molar-refractivity contribution in [2.45, 2.75) is 6.54 Å². The molecule has 0 aliphatic carbocycles. The Morgan fingerprint density at radius 3 is 2.54 bits per heavy atom. The van der Waals surface area contributed by atoms with Crippen LogP contribution in [0.3, 0.4) is 0 Å². The first-order valence-corrected chi connectivity index (χ1v) is 7.84. The van der Waals surface area contributed by atoms with E-state index in [2.05, 4.69) is 0 Å². The fraction of sp³-hybridized carbons (Fsp3) is 0.150. The first-order chi connectivity index (χ1) is 11.8. The van der Waals surface area contributed by atoms with Gasteiger partial charge in [0.25, 0.3) is 5.91 Å². The van der Waals surface area contributed by atoms with Crippen molar-refractivity contribution in [2.75, 3.05) is 13.2 Å². The van der Waals surface area contributed by atoms with Crippen LogP contribution >= 0.6 is 0 Å². The number of aliphatic hydroxyl groups is 1. The zero-order valence-corrected chi connectivity index (χ0v) is 13.3. The van der Waals surface area contributed by atoms with Crippen molar-refractivity contribution in [3.8, 4) is 11.1 Å². The highest BCUT2D eigenvalue weighted by molar-refractivity contribution is 5.95. The monoisotopic (exact) mass is 321 g/mol. The van der Waals surface area contributed by atoms with Crippen LogP contribution in [0.25, 0.3) is 11.1 Å². The molecule has 0 radical (unpaired) electrons. The number of hydrogen-bond donors (Lipinski definition) is 1. The second-order valence-electron chi connectivity index (χ2n) is 5.53. The van der Waals surface area contributed by atoms with Crippen LogP contribution in [0.15, 0.2) is 77.6 Å². The highest BCUT2D eigenvalue weighted by Gasteiger charge is 2.16. The Bertz CT molecular complexity index is 782. The first kappa shape index (κ1) is 16.0. The van der Waals surface area contributed by atoms with Gasteiger partial charge in [0.05, 0.1) is 19.1 Å². The highest BCUT2D eigenvalue weighted by atomic mass is 16.3. The maximum absolute atomic E-state index is 12.9. The molecule has 0 aliphatic rings. The molecular formula is C20H19NO3. The molecule has 0 saturated heterocycles. The van der Waals surface area contributed by atoms with Gasteiger partial charge in [-0.3, -0.25) is 4.79 Å². The molecule has 0 fully saturated rings. The van der Waals surface area contributed by atoms with Gasteiger partial charge in [-0.15, -0.1) is 0 Å². The van der Waals surface area contributed by atoms with Crippen molar-refractivity contribution in [1.29, 1.82) is 0 Å². The summed E-state index contributed by atoms with van der Waals surface area (Å²) in [4.78, 5) is 14.5. The van der Waals surface area contributed by atoms with E-state index in [0.29, 0.717) is 18.7 Å². The number of carbonyl (C=O) groups excluding carboxylic acids is 1. The summed E-state index contributed by atoms with van der Waals surface area (Å²) in [6.45, 7) is 0.694. The molecule has 4 heteroatoms. The third-order valence-corrected chi connectivity index (χ3v) is 3.84. The van der Waals surface area contributed by atoms with Crippen LogP contribution in [0.2, 0.25) is 0 Å². The molecular weight excluding hydrogens is 302 g/mol. The summed E-state index contributed by atoms with van der Waals surface area (Å²) < 4.78 is 5.11. The molecule has 3 aromatic rings. The van der Waals surface area contributed by atoms with Crippen molar-refractivity contribution in [1.82, 2.24) is 4.90 Å². The fourth-order valence-corrected chi connectivity index (χ4v) is 2.62. The molecule has 1 heterocycles. The van der Waals surface area contributed by atoms with E-state index < -0.39 is 0 Å². The summed E-state index contributed by atoms with van der Waals surface area (Å²) in [6.07, 6.45) is 3.26. The summed E-state index contributed by atoms with van der Waals surface area (Å²) in [5.74, 6) is -0.0988. The molecule has 0 saturated carbocycles. The summed E-state index contributed by atoms with van der Waals surface area (Å²) >= 11 is 0. The molecule has 1 amide bonds. The minimum atomic E-state index is -0.0988. The van der Waals surface area contributed by atoms with E-state index in [1.54, 1.807) is 23.5 Å². The highest BCUT2D eigenvalue weighted by Crippen LogP contribution is 2.21. The average Bonchev–Trinajstić information content (AvgIpc) is 3.16. The number of hydrogen-bond acceptors (Lipinski definition) is 3. The van der Waals surface area contributed by atoms with Gasteiger partial charge in [-0.25, -0.2) is 0 Å². The van der Waals surface area contributed by atoms with Crippen LogP contribution in [0, 0.1) is 0 Å². The second-order valence-corrected chi connectivity index (χ2v) is 5.53.